The third-order valence-corrected chi connectivity index (χ3v) is 4.87. The fourth-order valence-electron chi connectivity index (χ4n) is 2.14. The third kappa shape index (κ3) is 3.76. The molecule has 2 aromatic heterocycles. The van der Waals surface area contributed by atoms with Gasteiger partial charge in [0.15, 0.2) is 0 Å². The molecule has 1 N–H and O–H groups in total. The molecule has 0 aliphatic heterocycles. The smallest absolute Gasteiger partial charge is 0.232 e. The molecule has 0 atom stereocenters. The fourth-order valence-corrected chi connectivity index (χ4v) is 3.43. The molecular weight excluding hydrogens is 379 g/mol. The number of hydrogen-bond donors (Lipinski definition) is 1. The molecule has 1 aromatic carbocycles. The number of hydrogen-bond acceptors (Lipinski definition) is 5. The summed E-state index contributed by atoms with van der Waals surface area (Å²) in [5.74, 6) is 0.0679. The van der Waals surface area contributed by atoms with Crippen LogP contribution in [0.25, 0.3) is 21.6 Å². The maximum absolute atomic E-state index is 12.3. The number of anilines is 1. The second-order valence-corrected chi connectivity index (χ2v) is 8.64. The summed E-state index contributed by atoms with van der Waals surface area (Å²) in [6.45, 7) is 7.38. The molecule has 3 aromatic rings. The minimum Gasteiger partial charge on any atom is -0.294 e. The molecule has 0 bridgehead atoms. The Balaban J connectivity index is 2.18. The van der Waals surface area contributed by atoms with Crippen LogP contribution in [0.2, 0.25) is 10.0 Å². The molecule has 25 heavy (non-hydrogen) atoms. The molecule has 130 valence electrons. The van der Waals surface area contributed by atoms with Gasteiger partial charge in [-0.3, -0.25) is 10.1 Å². The number of aryl methyl sites for hydroxylation is 1. The molecule has 0 fully saturated rings. The number of amides is 1. The average molecular weight is 395 g/mol. The van der Waals surface area contributed by atoms with E-state index in [0.717, 1.165) is 5.01 Å². The zero-order valence-corrected chi connectivity index (χ0v) is 16.5. The number of halogens is 2. The number of benzene rings is 1. The van der Waals surface area contributed by atoms with Crippen LogP contribution in [0.15, 0.2) is 18.2 Å². The second-order valence-electron chi connectivity index (χ2n) is 6.61. The summed E-state index contributed by atoms with van der Waals surface area (Å²) in [5, 5.41) is 4.63. The maximum atomic E-state index is 12.3. The highest BCUT2D eigenvalue weighted by Crippen LogP contribution is 2.35. The van der Waals surface area contributed by atoms with Crippen molar-refractivity contribution in [2.24, 2.45) is 5.41 Å². The third-order valence-electron chi connectivity index (χ3n) is 3.46. The van der Waals surface area contributed by atoms with E-state index in [2.05, 4.69) is 20.3 Å². The summed E-state index contributed by atoms with van der Waals surface area (Å²) in [4.78, 5) is 26.4. The van der Waals surface area contributed by atoms with Gasteiger partial charge in [0.25, 0.3) is 0 Å². The first-order valence-electron chi connectivity index (χ1n) is 7.57. The minimum atomic E-state index is -0.556. The fraction of sp³-hybridized carbons (Fsp3) is 0.294. The maximum Gasteiger partial charge on any atom is 0.232 e. The zero-order chi connectivity index (χ0) is 18.4. The summed E-state index contributed by atoms with van der Waals surface area (Å²) in [6, 6.07) is 5.18. The van der Waals surface area contributed by atoms with Crippen LogP contribution in [0.3, 0.4) is 0 Å². The minimum absolute atomic E-state index is 0.166. The Kier molecular flexibility index (Phi) is 4.70. The van der Waals surface area contributed by atoms with E-state index in [1.54, 1.807) is 18.2 Å². The quantitative estimate of drug-likeness (QED) is 0.635. The summed E-state index contributed by atoms with van der Waals surface area (Å²) in [7, 11) is 0. The Labute approximate surface area is 159 Å². The van der Waals surface area contributed by atoms with Crippen molar-refractivity contribution in [1.82, 2.24) is 15.0 Å². The number of nitrogens with one attached hydrogen (secondary N) is 1. The van der Waals surface area contributed by atoms with Gasteiger partial charge in [-0.05, 0) is 25.1 Å². The molecular formula is C17H16Cl2N4OS. The van der Waals surface area contributed by atoms with Crippen LogP contribution in [0.5, 0.6) is 0 Å². The van der Waals surface area contributed by atoms with Gasteiger partial charge in [0.1, 0.15) is 16.0 Å². The Morgan fingerprint density at radius 3 is 2.52 bits per heavy atom. The first-order chi connectivity index (χ1) is 11.6. The van der Waals surface area contributed by atoms with E-state index in [9.17, 15) is 4.79 Å². The van der Waals surface area contributed by atoms with Crippen molar-refractivity contribution >= 4 is 56.7 Å². The molecule has 2 heterocycles. The predicted molar refractivity (Wildman–Crippen MR) is 103 cm³/mol. The monoisotopic (exact) mass is 394 g/mol. The Morgan fingerprint density at radius 1 is 1.16 bits per heavy atom. The first-order valence-corrected chi connectivity index (χ1v) is 9.14. The van der Waals surface area contributed by atoms with Crippen molar-refractivity contribution in [3.63, 3.8) is 0 Å². The molecule has 1 amide bonds. The second kappa shape index (κ2) is 6.52. The van der Waals surface area contributed by atoms with Gasteiger partial charge in [-0.2, -0.15) is 4.98 Å². The standard InChI is InChI=1S/C17H16Cl2N4OS/c1-8-20-13-12(10-6-5-9(18)7-11(10)19)21-16(22-14(13)25-8)23-15(24)17(2,3)4/h5-7H,1-4H3,(H,21,22,23,24). The van der Waals surface area contributed by atoms with Crippen LogP contribution in [0.1, 0.15) is 25.8 Å². The van der Waals surface area contributed by atoms with Gasteiger partial charge in [-0.1, -0.05) is 55.3 Å². The number of rotatable bonds is 2. The summed E-state index contributed by atoms with van der Waals surface area (Å²) < 4.78 is 0. The topological polar surface area (TPSA) is 67.8 Å². The SMILES string of the molecule is Cc1nc2c(-c3ccc(Cl)cc3Cl)nc(NC(=O)C(C)(C)C)nc2s1. The molecule has 0 saturated carbocycles. The van der Waals surface area contributed by atoms with Crippen LogP contribution in [0.4, 0.5) is 5.95 Å². The lowest BCUT2D eigenvalue weighted by atomic mass is 9.96. The summed E-state index contributed by atoms with van der Waals surface area (Å²) >= 11 is 13.8. The Bertz CT molecular complexity index is 979. The van der Waals surface area contributed by atoms with Crippen molar-refractivity contribution in [2.45, 2.75) is 27.7 Å². The summed E-state index contributed by atoms with van der Waals surface area (Å²) in [5.41, 5.74) is 1.36. The highest BCUT2D eigenvalue weighted by molar-refractivity contribution is 7.18. The number of carbonyl (C=O) groups excluding carboxylic acids is 1. The van der Waals surface area contributed by atoms with Crippen LogP contribution in [0, 0.1) is 12.3 Å². The molecule has 0 saturated heterocycles. The lowest BCUT2D eigenvalue weighted by Gasteiger charge is -2.17. The van der Waals surface area contributed by atoms with Crippen molar-refractivity contribution < 1.29 is 4.79 Å². The van der Waals surface area contributed by atoms with Gasteiger partial charge < -0.3 is 0 Å². The molecule has 0 spiro atoms. The largest absolute Gasteiger partial charge is 0.294 e. The van der Waals surface area contributed by atoms with Gasteiger partial charge in [0.05, 0.1) is 10.0 Å². The average Bonchev–Trinajstić information content (AvgIpc) is 2.86. The van der Waals surface area contributed by atoms with Crippen molar-refractivity contribution in [3.8, 4) is 11.3 Å². The zero-order valence-electron chi connectivity index (χ0n) is 14.1. The van der Waals surface area contributed by atoms with Crippen molar-refractivity contribution in [1.29, 1.82) is 0 Å². The van der Waals surface area contributed by atoms with Crippen LogP contribution in [-0.2, 0) is 4.79 Å². The highest BCUT2D eigenvalue weighted by Gasteiger charge is 2.23. The van der Waals surface area contributed by atoms with Gasteiger partial charge in [0, 0.05) is 16.0 Å². The number of nitrogens with zero attached hydrogens (tertiary/aromatic N) is 3. The predicted octanol–water partition coefficient (Wildman–Crippen LogP) is 5.35. The lowest BCUT2D eigenvalue weighted by Crippen LogP contribution is -2.28. The lowest BCUT2D eigenvalue weighted by molar-refractivity contribution is -0.123. The molecule has 0 unspecified atom stereocenters. The van der Waals surface area contributed by atoms with E-state index in [4.69, 9.17) is 23.2 Å². The van der Waals surface area contributed by atoms with E-state index in [0.29, 0.717) is 31.6 Å². The van der Waals surface area contributed by atoms with E-state index >= 15 is 0 Å². The highest BCUT2D eigenvalue weighted by atomic mass is 35.5. The Morgan fingerprint density at radius 2 is 1.88 bits per heavy atom. The van der Waals surface area contributed by atoms with Crippen molar-refractivity contribution in [2.75, 3.05) is 5.32 Å². The van der Waals surface area contributed by atoms with Gasteiger partial charge in [0.2, 0.25) is 11.9 Å². The van der Waals surface area contributed by atoms with Gasteiger partial charge in [-0.25, -0.2) is 9.97 Å². The summed E-state index contributed by atoms with van der Waals surface area (Å²) in [6.07, 6.45) is 0. The van der Waals surface area contributed by atoms with Crippen LogP contribution >= 0.6 is 34.5 Å². The first kappa shape index (κ1) is 18.0. The Hall–Kier alpha value is -1.76. The van der Waals surface area contributed by atoms with E-state index in [-0.39, 0.29) is 11.9 Å². The van der Waals surface area contributed by atoms with Gasteiger partial charge >= 0.3 is 0 Å². The number of fused-ring (bicyclic) bond motifs is 1. The van der Waals surface area contributed by atoms with Crippen LogP contribution < -0.4 is 5.32 Å². The number of carbonyl (C=O) groups is 1. The normalized spacial score (nSPS) is 11.8. The van der Waals surface area contributed by atoms with E-state index < -0.39 is 5.41 Å². The molecule has 5 nitrogen and oxygen atoms in total. The molecule has 0 aliphatic carbocycles. The molecule has 8 heteroatoms. The van der Waals surface area contributed by atoms with E-state index in [1.165, 1.54) is 11.3 Å². The number of aromatic nitrogens is 3. The number of thiazole rings is 1. The van der Waals surface area contributed by atoms with Gasteiger partial charge in [-0.15, -0.1) is 0 Å². The molecule has 0 radical (unpaired) electrons. The van der Waals surface area contributed by atoms with E-state index in [1.807, 2.05) is 27.7 Å². The molecule has 3 rings (SSSR count). The van der Waals surface area contributed by atoms with Crippen LogP contribution in [-0.4, -0.2) is 20.9 Å². The molecule has 0 aliphatic rings. The van der Waals surface area contributed by atoms with Crippen molar-refractivity contribution in [3.05, 3.63) is 33.3 Å².